The van der Waals surface area contributed by atoms with Crippen molar-refractivity contribution in [2.24, 2.45) is 5.92 Å². The van der Waals surface area contributed by atoms with Gasteiger partial charge < -0.3 is 10.2 Å². The first-order valence-corrected chi connectivity index (χ1v) is 7.10. The van der Waals surface area contributed by atoms with E-state index in [0.29, 0.717) is 24.1 Å². The number of rotatable bonds is 4. The van der Waals surface area contributed by atoms with Gasteiger partial charge in [-0.2, -0.15) is 13.2 Å². The minimum absolute atomic E-state index is 0.317. The van der Waals surface area contributed by atoms with Gasteiger partial charge in [0.05, 0.1) is 5.56 Å². The van der Waals surface area contributed by atoms with Gasteiger partial charge in [0.15, 0.2) is 0 Å². The molecule has 118 valence electrons. The minimum atomic E-state index is -4.51. The molecule has 1 N–H and O–H groups in total. The van der Waals surface area contributed by atoms with E-state index in [1.807, 2.05) is 11.9 Å². The van der Waals surface area contributed by atoms with Crippen molar-refractivity contribution in [3.8, 4) is 0 Å². The van der Waals surface area contributed by atoms with Gasteiger partial charge in [-0.15, -0.1) is 0 Å². The minimum Gasteiger partial charge on any atom is -0.316 e. The molecule has 1 aromatic carbocycles. The number of hydrogen-bond donors (Lipinski definition) is 1. The summed E-state index contributed by atoms with van der Waals surface area (Å²) in [6, 6.07) is 2.73. The van der Waals surface area contributed by atoms with Crippen LogP contribution in [0.3, 0.4) is 0 Å². The molecule has 2 nitrogen and oxygen atoms in total. The van der Waals surface area contributed by atoms with E-state index >= 15 is 0 Å². The zero-order chi connectivity index (χ0) is 15.5. The Kier molecular flexibility index (Phi) is 5.22. The second-order valence-electron chi connectivity index (χ2n) is 5.76. The fourth-order valence-electron chi connectivity index (χ4n) is 2.80. The molecule has 0 aromatic heterocycles. The number of alkyl halides is 3. The van der Waals surface area contributed by atoms with Crippen molar-refractivity contribution in [3.05, 3.63) is 35.1 Å². The van der Waals surface area contributed by atoms with Crippen LogP contribution >= 0.6 is 0 Å². The lowest BCUT2D eigenvalue weighted by Crippen LogP contribution is -2.36. The second kappa shape index (κ2) is 6.75. The highest BCUT2D eigenvalue weighted by molar-refractivity contribution is 5.26. The molecule has 1 aliphatic rings. The van der Waals surface area contributed by atoms with Gasteiger partial charge in [-0.05, 0) is 62.7 Å². The van der Waals surface area contributed by atoms with Gasteiger partial charge in [0.2, 0.25) is 0 Å². The van der Waals surface area contributed by atoms with Crippen LogP contribution in [0.2, 0.25) is 0 Å². The first kappa shape index (κ1) is 16.2. The molecule has 2 rings (SSSR count). The molecule has 0 aliphatic carbocycles. The summed E-state index contributed by atoms with van der Waals surface area (Å²) in [4.78, 5) is 1.95. The van der Waals surface area contributed by atoms with Gasteiger partial charge in [-0.1, -0.05) is 0 Å². The SMILES string of the molecule is CN(Cc1cc(F)cc(C(F)(F)F)c1)CC1CCCNC1. The maximum atomic E-state index is 13.3. The number of nitrogens with zero attached hydrogens (tertiary/aromatic N) is 1. The van der Waals surface area contributed by atoms with E-state index in [9.17, 15) is 17.6 Å². The van der Waals surface area contributed by atoms with Gasteiger partial charge in [0, 0.05) is 13.1 Å². The number of halogens is 4. The Morgan fingerprint density at radius 3 is 2.67 bits per heavy atom. The quantitative estimate of drug-likeness (QED) is 0.859. The van der Waals surface area contributed by atoms with E-state index in [2.05, 4.69) is 5.32 Å². The van der Waals surface area contributed by atoms with Crippen LogP contribution in [0.25, 0.3) is 0 Å². The summed E-state index contributed by atoms with van der Waals surface area (Å²) >= 11 is 0. The molecule has 1 fully saturated rings. The molecule has 21 heavy (non-hydrogen) atoms. The Balaban J connectivity index is 1.99. The molecule has 0 saturated carbocycles. The Bertz CT molecular complexity index is 467. The zero-order valence-corrected chi connectivity index (χ0v) is 12.0. The zero-order valence-electron chi connectivity index (χ0n) is 12.0. The lowest BCUT2D eigenvalue weighted by Gasteiger charge is -2.27. The average molecular weight is 304 g/mol. The highest BCUT2D eigenvalue weighted by atomic mass is 19.4. The summed E-state index contributed by atoms with van der Waals surface area (Å²) in [5.74, 6) is -0.341. The highest BCUT2D eigenvalue weighted by Crippen LogP contribution is 2.30. The largest absolute Gasteiger partial charge is 0.416 e. The number of hydrogen-bond acceptors (Lipinski definition) is 2. The monoisotopic (exact) mass is 304 g/mol. The number of nitrogens with one attached hydrogen (secondary N) is 1. The molecule has 1 aliphatic heterocycles. The predicted octanol–water partition coefficient (Wildman–Crippen LogP) is 3.28. The van der Waals surface area contributed by atoms with Crippen molar-refractivity contribution in [2.45, 2.75) is 25.6 Å². The third kappa shape index (κ3) is 4.97. The topological polar surface area (TPSA) is 15.3 Å². The van der Waals surface area contributed by atoms with Gasteiger partial charge in [0.1, 0.15) is 5.82 Å². The molecular weight excluding hydrogens is 284 g/mol. The molecule has 1 aromatic rings. The van der Waals surface area contributed by atoms with E-state index in [0.717, 1.165) is 38.5 Å². The van der Waals surface area contributed by atoms with Crippen molar-refractivity contribution in [1.82, 2.24) is 10.2 Å². The van der Waals surface area contributed by atoms with E-state index in [4.69, 9.17) is 0 Å². The Morgan fingerprint density at radius 2 is 2.05 bits per heavy atom. The van der Waals surface area contributed by atoms with Crippen LogP contribution < -0.4 is 5.32 Å². The van der Waals surface area contributed by atoms with Crippen LogP contribution in [0.15, 0.2) is 18.2 Å². The third-order valence-electron chi connectivity index (χ3n) is 3.71. The summed E-state index contributed by atoms with van der Waals surface area (Å²) in [5, 5.41) is 3.31. The maximum absolute atomic E-state index is 13.3. The highest BCUT2D eigenvalue weighted by Gasteiger charge is 2.31. The Hall–Kier alpha value is -1.14. The van der Waals surface area contributed by atoms with E-state index in [1.165, 1.54) is 6.07 Å². The fraction of sp³-hybridized carbons (Fsp3) is 0.600. The normalized spacial score (nSPS) is 20.0. The summed E-state index contributed by atoms with van der Waals surface area (Å²) in [6.07, 6.45) is -2.27. The molecule has 0 amide bonds. The predicted molar refractivity (Wildman–Crippen MR) is 73.3 cm³/mol. The second-order valence-corrected chi connectivity index (χ2v) is 5.76. The molecular formula is C15H20F4N2. The first-order valence-electron chi connectivity index (χ1n) is 7.10. The molecule has 1 unspecified atom stereocenters. The third-order valence-corrected chi connectivity index (χ3v) is 3.71. The number of benzene rings is 1. The van der Waals surface area contributed by atoms with Gasteiger partial charge in [0.25, 0.3) is 0 Å². The average Bonchev–Trinajstić information content (AvgIpc) is 2.37. The Labute approximate surface area is 122 Å². The lowest BCUT2D eigenvalue weighted by atomic mass is 9.99. The molecule has 1 heterocycles. The van der Waals surface area contributed by atoms with Crippen LogP contribution in [-0.4, -0.2) is 31.6 Å². The summed E-state index contributed by atoms with van der Waals surface area (Å²) in [5.41, 5.74) is -0.571. The fourth-order valence-corrected chi connectivity index (χ4v) is 2.80. The standard InChI is InChI=1S/C15H20F4N2/c1-21(9-11-3-2-4-20-8-11)10-12-5-13(15(17,18)19)7-14(16)6-12/h5-7,11,20H,2-4,8-10H2,1H3. The van der Waals surface area contributed by atoms with Crippen LogP contribution in [-0.2, 0) is 12.7 Å². The van der Waals surface area contributed by atoms with Crippen molar-refractivity contribution < 1.29 is 17.6 Å². The molecule has 0 spiro atoms. The van der Waals surface area contributed by atoms with Crippen molar-refractivity contribution in [2.75, 3.05) is 26.7 Å². The summed E-state index contributed by atoms with van der Waals surface area (Å²) < 4.78 is 51.3. The van der Waals surface area contributed by atoms with Gasteiger partial charge >= 0.3 is 6.18 Å². The van der Waals surface area contributed by atoms with E-state index in [-0.39, 0.29) is 0 Å². The molecule has 1 atom stereocenters. The smallest absolute Gasteiger partial charge is 0.316 e. The first-order chi connectivity index (χ1) is 9.84. The van der Waals surface area contributed by atoms with Crippen LogP contribution in [0.4, 0.5) is 17.6 Å². The van der Waals surface area contributed by atoms with Crippen LogP contribution in [0, 0.1) is 11.7 Å². The molecule has 0 radical (unpaired) electrons. The van der Waals surface area contributed by atoms with Crippen molar-refractivity contribution in [1.29, 1.82) is 0 Å². The summed E-state index contributed by atoms with van der Waals surface area (Å²) in [6.45, 7) is 3.07. The molecule has 1 saturated heterocycles. The van der Waals surface area contributed by atoms with Crippen molar-refractivity contribution >= 4 is 0 Å². The van der Waals surface area contributed by atoms with Crippen LogP contribution in [0.1, 0.15) is 24.0 Å². The Morgan fingerprint density at radius 1 is 1.29 bits per heavy atom. The van der Waals surface area contributed by atoms with E-state index < -0.39 is 17.6 Å². The summed E-state index contributed by atoms with van der Waals surface area (Å²) in [7, 11) is 1.85. The van der Waals surface area contributed by atoms with Gasteiger partial charge in [-0.3, -0.25) is 0 Å². The number of piperidine rings is 1. The molecule has 6 heteroatoms. The van der Waals surface area contributed by atoms with E-state index in [1.54, 1.807) is 0 Å². The molecule has 0 bridgehead atoms. The maximum Gasteiger partial charge on any atom is 0.416 e. The van der Waals surface area contributed by atoms with Crippen molar-refractivity contribution in [3.63, 3.8) is 0 Å². The van der Waals surface area contributed by atoms with Gasteiger partial charge in [-0.25, -0.2) is 4.39 Å². The van der Waals surface area contributed by atoms with Crippen LogP contribution in [0.5, 0.6) is 0 Å². The lowest BCUT2D eigenvalue weighted by molar-refractivity contribution is -0.137.